The Bertz CT molecular complexity index is 1050. The van der Waals surface area contributed by atoms with Crippen LogP contribution in [0, 0.1) is 23.7 Å². The molecule has 4 rings (SSSR count). The first-order chi connectivity index (χ1) is 14.9. The Hall–Kier alpha value is -1.00. The molecule has 0 heterocycles. The molecular weight excluding hydrogens is 448 g/mol. The molecule has 7 nitrogen and oxygen atoms in total. The topological polar surface area (TPSA) is 113 Å². The molecule has 9 heteroatoms. The predicted molar refractivity (Wildman–Crippen MR) is 124 cm³/mol. The number of benzene rings is 1. The molecular formula is C23H36N2O5S2. The number of aliphatic hydroxyl groups is 1. The average molecular weight is 485 g/mol. The molecule has 2 bridgehead atoms. The molecule has 180 valence electrons. The van der Waals surface area contributed by atoms with Gasteiger partial charge in [0.1, 0.15) is 0 Å². The first kappa shape index (κ1) is 24.1. The van der Waals surface area contributed by atoms with E-state index in [1.807, 2.05) is 6.92 Å². The SMILES string of the molecule is Cc1ccc(S(=O)(=O)N[C@@H]2CCCC[C@H]2NS(=O)(=O)C[C@]23CC[C@H](C[C@H]2O)C3(C)C)cc1. The van der Waals surface area contributed by atoms with E-state index < -0.39 is 43.6 Å². The number of sulfonamides is 2. The molecule has 3 N–H and O–H groups in total. The Morgan fingerprint density at radius 1 is 0.969 bits per heavy atom. The Morgan fingerprint density at radius 2 is 1.56 bits per heavy atom. The summed E-state index contributed by atoms with van der Waals surface area (Å²) in [6, 6.07) is 5.64. The second kappa shape index (κ2) is 8.34. The van der Waals surface area contributed by atoms with Gasteiger partial charge < -0.3 is 5.11 Å². The zero-order valence-electron chi connectivity index (χ0n) is 19.2. The lowest BCUT2D eigenvalue weighted by molar-refractivity contribution is 0.0151. The van der Waals surface area contributed by atoms with Crippen molar-refractivity contribution >= 4 is 20.0 Å². The lowest BCUT2D eigenvalue weighted by atomic mass is 9.70. The third-order valence-electron chi connectivity index (χ3n) is 8.57. The van der Waals surface area contributed by atoms with Gasteiger partial charge >= 0.3 is 0 Å². The third kappa shape index (κ3) is 4.27. The number of fused-ring (bicyclic) bond motifs is 2. The zero-order chi connectivity index (χ0) is 23.4. The molecule has 0 radical (unpaired) electrons. The van der Waals surface area contributed by atoms with Crippen molar-refractivity contribution in [2.45, 2.75) is 88.8 Å². The average Bonchev–Trinajstić information content (AvgIpc) is 3.03. The van der Waals surface area contributed by atoms with Gasteiger partial charge in [0.05, 0.1) is 16.8 Å². The monoisotopic (exact) mass is 484 g/mol. The van der Waals surface area contributed by atoms with E-state index in [0.29, 0.717) is 31.6 Å². The quantitative estimate of drug-likeness (QED) is 0.551. The lowest BCUT2D eigenvalue weighted by Crippen LogP contribution is -2.55. The number of nitrogens with one attached hydrogen (secondary N) is 2. The second-order valence-electron chi connectivity index (χ2n) is 10.7. The van der Waals surface area contributed by atoms with Crippen molar-refractivity contribution < 1.29 is 21.9 Å². The molecule has 0 aliphatic heterocycles. The number of rotatable bonds is 7. The van der Waals surface area contributed by atoms with Crippen LogP contribution in [0.2, 0.25) is 0 Å². The second-order valence-corrected chi connectivity index (χ2v) is 14.1. The summed E-state index contributed by atoms with van der Waals surface area (Å²) < 4.78 is 58.0. The normalized spacial score (nSPS) is 34.6. The van der Waals surface area contributed by atoms with Gasteiger partial charge in [-0.15, -0.1) is 0 Å². The molecule has 0 unspecified atom stereocenters. The zero-order valence-corrected chi connectivity index (χ0v) is 20.8. The van der Waals surface area contributed by atoms with E-state index in [1.54, 1.807) is 24.3 Å². The van der Waals surface area contributed by atoms with Crippen molar-refractivity contribution in [3.05, 3.63) is 29.8 Å². The van der Waals surface area contributed by atoms with Gasteiger partial charge in [-0.3, -0.25) is 0 Å². The summed E-state index contributed by atoms with van der Waals surface area (Å²) in [6.45, 7) is 6.05. The van der Waals surface area contributed by atoms with Crippen LogP contribution in [0.4, 0.5) is 0 Å². The largest absolute Gasteiger partial charge is 0.392 e. The first-order valence-corrected chi connectivity index (χ1v) is 14.8. The molecule has 1 aromatic rings. The van der Waals surface area contributed by atoms with Gasteiger partial charge in [0.25, 0.3) is 0 Å². The van der Waals surface area contributed by atoms with Crippen LogP contribution < -0.4 is 9.44 Å². The molecule has 5 atom stereocenters. The van der Waals surface area contributed by atoms with Crippen LogP contribution in [-0.4, -0.2) is 45.9 Å². The molecule has 0 amide bonds. The van der Waals surface area contributed by atoms with Crippen molar-refractivity contribution in [2.75, 3.05) is 5.75 Å². The summed E-state index contributed by atoms with van der Waals surface area (Å²) in [5.41, 5.74) is 0.0905. The van der Waals surface area contributed by atoms with Gasteiger partial charge in [-0.05, 0) is 62.5 Å². The summed E-state index contributed by atoms with van der Waals surface area (Å²) in [6.07, 6.45) is 4.55. The van der Waals surface area contributed by atoms with Crippen LogP contribution in [0.3, 0.4) is 0 Å². The Labute approximate surface area is 192 Å². The van der Waals surface area contributed by atoms with E-state index >= 15 is 0 Å². The van der Waals surface area contributed by atoms with Gasteiger partial charge in [0.15, 0.2) is 0 Å². The number of aryl methyl sites for hydroxylation is 1. The highest BCUT2D eigenvalue weighted by Crippen LogP contribution is 2.66. The number of hydrogen-bond acceptors (Lipinski definition) is 5. The van der Waals surface area contributed by atoms with Gasteiger partial charge in [0, 0.05) is 17.5 Å². The van der Waals surface area contributed by atoms with Gasteiger partial charge in [0.2, 0.25) is 20.0 Å². The molecule has 0 aromatic heterocycles. The smallest absolute Gasteiger partial charge is 0.240 e. The molecule has 3 fully saturated rings. The fourth-order valence-electron chi connectivity index (χ4n) is 6.39. The van der Waals surface area contributed by atoms with Crippen LogP contribution in [0.15, 0.2) is 29.2 Å². The lowest BCUT2D eigenvalue weighted by Gasteiger charge is -2.41. The fraction of sp³-hybridized carbons (Fsp3) is 0.739. The van der Waals surface area contributed by atoms with Crippen molar-refractivity contribution in [2.24, 2.45) is 16.7 Å². The van der Waals surface area contributed by atoms with E-state index in [2.05, 4.69) is 23.3 Å². The van der Waals surface area contributed by atoms with Crippen molar-refractivity contribution in [1.29, 1.82) is 0 Å². The molecule has 32 heavy (non-hydrogen) atoms. The molecule has 3 aliphatic carbocycles. The summed E-state index contributed by atoms with van der Waals surface area (Å²) >= 11 is 0. The highest BCUT2D eigenvalue weighted by atomic mass is 32.2. The van der Waals surface area contributed by atoms with Gasteiger partial charge in [-0.2, -0.15) is 0 Å². The first-order valence-electron chi connectivity index (χ1n) is 11.6. The molecule has 3 aliphatic rings. The maximum Gasteiger partial charge on any atom is 0.240 e. The van der Waals surface area contributed by atoms with Gasteiger partial charge in [-0.25, -0.2) is 26.3 Å². The minimum atomic E-state index is -3.75. The van der Waals surface area contributed by atoms with Crippen LogP contribution in [-0.2, 0) is 20.0 Å². The number of hydrogen-bond donors (Lipinski definition) is 3. The summed E-state index contributed by atoms with van der Waals surface area (Å²) in [5, 5.41) is 10.7. The molecule has 3 saturated carbocycles. The fourth-order valence-corrected chi connectivity index (χ4v) is 9.91. The van der Waals surface area contributed by atoms with Crippen molar-refractivity contribution in [3.8, 4) is 0 Å². The summed E-state index contributed by atoms with van der Waals surface area (Å²) in [4.78, 5) is 0.182. The van der Waals surface area contributed by atoms with E-state index in [9.17, 15) is 21.9 Å². The third-order valence-corrected chi connectivity index (χ3v) is 11.6. The molecule has 0 saturated heterocycles. The Morgan fingerprint density at radius 3 is 2.09 bits per heavy atom. The van der Waals surface area contributed by atoms with E-state index in [1.165, 1.54) is 0 Å². The van der Waals surface area contributed by atoms with Crippen molar-refractivity contribution in [3.63, 3.8) is 0 Å². The van der Waals surface area contributed by atoms with E-state index in [4.69, 9.17) is 0 Å². The maximum atomic E-state index is 13.3. The van der Waals surface area contributed by atoms with Gasteiger partial charge in [-0.1, -0.05) is 44.4 Å². The highest BCUT2D eigenvalue weighted by molar-refractivity contribution is 7.89. The summed E-state index contributed by atoms with van der Waals surface area (Å²) in [7, 11) is -7.47. The van der Waals surface area contributed by atoms with Crippen LogP contribution in [0.25, 0.3) is 0 Å². The molecule has 1 aromatic carbocycles. The van der Waals surface area contributed by atoms with Crippen LogP contribution >= 0.6 is 0 Å². The number of aliphatic hydroxyl groups excluding tert-OH is 1. The van der Waals surface area contributed by atoms with Crippen LogP contribution in [0.1, 0.15) is 64.4 Å². The minimum Gasteiger partial charge on any atom is -0.392 e. The standard InChI is InChI=1S/C23H36N2O5S2/c1-16-8-10-18(11-9-16)32(29,30)25-20-7-5-4-6-19(20)24-31(27,28)15-23-13-12-17(14-21(23)26)22(23,2)3/h8-11,17,19-21,24-26H,4-7,12-15H2,1-3H3/t17-,19-,20-,21-,23-/m1/s1. The van der Waals surface area contributed by atoms with Crippen LogP contribution in [0.5, 0.6) is 0 Å². The Kier molecular flexibility index (Phi) is 6.29. The minimum absolute atomic E-state index is 0.113. The summed E-state index contributed by atoms with van der Waals surface area (Å²) in [5.74, 6) is 0.231. The highest BCUT2D eigenvalue weighted by Gasteiger charge is 2.65. The van der Waals surface area contributed by atoms with E-state index in [-0.39, 0.29) is 16.1 Å². The van der Waals surface area contributed by atoms with Crippen molar-refractivity contribution in [1.82, 2.24) is 9.44 Å². The molecule has 0 spiro atoms. The predicted octanol–water partition coefficient (Wildman–Crippen LogP) is 2.69. The maximum absolute atomic E-state index is 13.3. The Balaban J connectivity index is 1.50. The van der Waals surface area contributed by atoms with E-state index in [0.717, 1.165) is 24.8 Å².